The molecule has 3 aromatic carbocycles. The minimum Gasteiger partial charge on any atom is -0.508 e. The molecule has 3 aromatic rings. The van der Waals surface area contributed by atoms with Crippen molar-refractivity contribution in [3.8, 4) is 11.5 Å². The average Bonchev–Trinajstić information content (AvgIpc) is 3.37. The van der Waals surface area contributed by atoms with Crippen LogP contribution in [0.1, 0.15) is 81.9 Å². The molecule has 76 heavy (non-hydrogen) atoms. The number of Topliss-reactive ketones (excluding diaryl/α,β-unsaturated/α-hetero) is 2. The Morgan fingerprint density at radius 2 is 1.26 bits per heavy atom. The second-order valence-corrected chi connectivity index (χ2v) is 21.8. The number of aromatic hydroxyl groups is 2. The number of unbranched alkanes of at least 4 members (excludes halogenated alkanes) is 2. The first-order chi connectivity index (χ1) is 36.1. The largest absolute Gasteiger partial charge is 0.508 e. The molecular formula is C52H70ClN9O12S2. The van der Waals surface area contributed by atoms with Crippen LogP contribution in [0.2, 0.25) is 5.02 Å². The molecule has 7 amide bonds. The van der Waals surface area contributed by atoms with E-state index in [-0.39, 0.29) is 80.3 Å². The number of hydrogen-bond acceptors (Lipinski definition) is 16. The van der Waals surface area contributed by atoms with Gasteiger partial charge in [0.25, 0.3) is 0 Å². The molecule has 24 heteroatoms. The molecule has 414 valence electrons. The van der Waals surface area contributed by atoms with E-state index in [1.54, 1.807) is 36.4 Å². The summed E-state index contributed by atoms with van der Waals surface area (Å²) in [6, 6.07) is 8.69. The van der Waals surface area contributed by atoms with Gasteiger partial charge >= 0.3 is 0 Å². The number of ketones is 2. The highest BCUT2D eigenvalue weighted by atomic mass is 35.5. The zero-order valence-electron chi connectivity index (χ0n) is 42.5. The van der Waals surface area contributed by atoms with Gasteiger partial charge in [-0.2, -0.15) is 0 Å². The minimum atomic E-state index is -1.72. The lowest BCUT2D eigenvalue weighted by Gasteiger charge is -2.29. The Kier molecular flexibility index (Phi) is 26.0. The van der Waals surface area contributed by atoms with Crippen molar-refractivity contribution in [2.45, 2.75) is 133 Å². The Bertz CT molecular complexity index is 2450. The Morgan fingerprint density at radius 1 is 0.724 bits per heavy atom. The Hall–Kier alpha value is -6.24. The van der Waals surface area contributed by atoms with Crippen LogP contribution in [0.3, 0.4) is 0 Å². The van der Waals surface area contributed by atoms with E-state index in [0.717, 1.165) is 21.6 Å². The first-order valence-electron chi connectivity index (χ1n) is 25.0. The number of phenolic OH excluding ortho intramolecular Hbond substituents is 2. The number of rotatable bonds is 21. The van der Waals surface area contributed by atoms with Gasteiger partial charge in [-0.3, -0.25) is 38.4 Å². The van der Waals surface area contributed by atoms with Crippen molar-refractivity contribution in [2.75, 3.05) is 18.1 Å². The molecule has 0 spiro atoms. The summed E-state index contributed by atoms with van der Waals surface area (Å²) in [5.74, 6) is -8.46. The summed E-state index contributed by atoms with van der Waals surface area (Å²) in [5, 5.41) is 47.1. The topological polar surface area (TPSA) is 365 Å². The van der Waals surface area contributed by atoms with Gasteiger partial charge in [0.2, 0.25) is 41.4 Å². The van der Waals surface area contributed by atoms with Crippen molar-refractivity contribution in [1.29, 1.82) is 0 Å². The van der Waals surface area contributed by atoms with Gasteiger partial charge in [0.15, 0.2) is 5.78 Å². The van der Waals surface area contributed by atoms with Crippen LogP contribution >= 0.6 is 33.2 Å². The number of halogens is 1. The monoisotopic (exact) mass is 1110 g/mol. The molecule has 1 fully saturated rings. The number of aliphatic hydroxyl groups excluding tert-OH is 1. The number of nitrogens with two attached hydrogens (primary N) is 3. The SMILES string of the molecule is CC(=O)CCCC[C@H]1NC(=O)[C@H](Cc2ccc(O)cc2)CC(=O)[C@H](NC(=O)[C@@H](N)Cc2ccc(Cl)cc2)CSSC[C@@H](C(=O)N[C@H](Cc2ccc(O)cc2)C(N)=O)NC(=O)[C@H]([C@@H](C)O)NC(=O)[C@H](CCCCN)NC1=O. The Morgan fingerprint density at radius 3 is 1.84 bits per heavy atom. The number of primary amides is 1. The molecule has 4 rings (SSSR count). The van der Waals surface area contributed by atoms with Crippen molar-refractivity contribution in [1.82, 2.24) is 31.9 Å². The van der Waals surface area contributed by atoms with Crippen LogP contribution in [0.25, 0.3) is 0 Å². The van der Waals surface area contributed by atoms with Gasteiger partial charge < -0.3 is 69.2 Å². The maximum absolute atomic E-state index is 14.7. The van der Waals surface area contributed by atoms with Crippen LogP contribution in [-0.2, 0) is 62.4 Å². The van der Waals surface area contributed by atoms with Crippen LogP contribution in [0, 0.1) is 5.92 Å². The fourth-order valence-corrected chi connectivity index (χ4v) is 10.5. The number of amides is 7. The fraction of sp³-hybridized carbons (Fsp3) is 0.481. The maximum Gasteiger partial charge on any atom is 0.245 e. The summed E-state index contributed by atoms with van der Waals surface area (Å²) < 4.78 is 0. The van der Waals surface area contributed by atoms with Gasteiger partial charge in [-0.15, -0.1) is 0 Å². The predicted octanol–water partition coefficient (Wildman–Crippen LogP) is 1.13. The minimum absolute atomic E-state index is 0.00317. The van der Waals surface area contributed by atoms with Crippen LogP contribution in [0.5, 0.6) is 11.5 Å². The third-order valence-corrected chi connectivity index (χ3v) is 15.1. The second-order valence-electron chi connectivity index (χ2n) is 18.8. The Labute approximate surface area is 454 Å². The van der Waals surface area contributed by atoms with Gasteiger partial charge in [0, 0.05) is 41.7 Å². The molecule has 0 unspecified atom stereocenters. The first-order valence-corrected chi connectivity index (χ1v) is 27.8. The van der Waals surface area contributed by atoms with Gasteiger partial charge in [-0.25, -0.2) is 0 Å². The van der Waals surface area contributed by atoms with Gasteiger partial charge in [-0.05, 0) is 118 Å². The maximum atomic E-state index is 14.7. The highest BCUT2D eigenvalue weighted by Crippen LogP contribution is 2.26. The molecule has 21 nitrogen and oxygen atoms in total. The molecule has 0 bridgehead atoms. The first kappa shape index (κ1) is 62.3. The van der Waals surface area contributed by atoms with E-state index < -0.39 is 108 Å². The number of carbonyl (C=O) groups is 9. The molecular weight excluding hydrogens is 1040 g/mol. The second kappa shape index (κ2) is 31.7. The van der Waals surface area contributed by atoms with E-state index in [4.69, 9.17) is 28.8 Å². The molecule has 0 radical (unpaired) electrons. The van der Waals surface area contributed by atoms with Crippen LogP contribution in [0.15, 0.2) is 72.8 Å². The summed E-state index contributed by atoms with van der Waals surface area (Å²) in [4.78, 5) is 125. The van der Waals surface area contributed by atoms with Crippen molar-refractivity contribution in [3.05, 3.63) is 94.5 Å². The molecule has 1 aliphatic rings. The van der Waals surface area contributed by atoms with E-state index >= 15 is 0 Å². The van der Waals surface area contributed by atoms with E-state index in [1.165, 1.54) is 50.2 Å². The van der Waals surface area contributed by atoms with Crippen LogP contribution < -0.4 is 49.1 Å². The smallest absolute Gasteiger partial charge is 0.245 e. The number of hydrogen-bond donors (Lipinski definition) is 12. The Balaban J connectivity index is 1.79. The van der Waals surface area contributed by atoms with E-state index in [0.29, 0.717) is 41.0 Å². The summed E-state index contributed by atoms with van der Waals surface area (Å²) >= 11 is 6.06. The quantitative estimate of drug-likeness (QED) is 0.0525. The number of phenols is 2. The van der Waals surface area contributed by atoms with E-state index in [1.807, 2.05) is 0 Å². The van der Waals surface area contributed by atoms with Gasteiger partial charge in [0.1, 0.15) is 47.5 Å². The third kappa shape index (κ3) is 21.4. The molecule has 1 saturated heterocycles. The summed E-state index contributed by atoms with van der Waals surface area (Å²) in [6.45, 7) is 2.88. The molecule has 1 heterocycles. The molecule has 15 N–H and O–H groups in total. The highest BCUT2D eigenvalue weighted by molar-refractivity contribution is 8.76. The van der Waals surface area contributed by atoms with Gasteiger partial charge in [0.05, 0.1) is 18.2 Å². The van der Waals surface area contributed by atoms with Crippen molar-refractivity contribution in [3.63, 3.8) is 0 Å². The van der Waals surface area contributed by atoms with E-state index in [2.05, 4.69) is 31.9 Å². The third-order valence-electron chi connectivity index (χ3n) is 12.4. The number of nitrogens with one attached hydrogen (secondary N) is 6. The zero-order chi connectivity index (χ0) is 55.9. The summed E-state index contributed by atoms with van der Waals surface area (Å²) in [6.07, 6.45) is -0.636. The average molecular weight is 1110 g/mol. The lowest BCUT2D eigenvalue weighted by molar-refractivity contribution is -0.137. The van der Waals surface area contributed by atoms with Gasteiger partial charge in [-0.1, -0.05) is 76.0 Å². The summed E-state index contributed by atoms with van der Waals surface area (Å²) in [7, 11) is 1.99. The van der Waals surface area contributed by atoms with Crippen LogP contribution in [0.4, 0.5) is 0 Å². The number of aliphatic hydroxyl groups is 1. The number of carbonyl (C=O) groups excluding carboxylic acids is 9. The normalized spacial score (nSPS) is 21.6. The van der Waals surface area contributed by atoms with Crippen molar-refractivity contribution >= 4 is 86.1 Å². The van der Waals surface area contributed by atoms with Crippen molar-refractivity contribution < 1.29 is 58.5 Å². The standard InChI is InChI=1S/C52H70ClN9O12S2/c1-29(63)7-3-4-8-39-49(71)58-40(9-5-6-22-54)50(72)62-45(30(2)64)52(74)61-43(51(73)59-41(46(56)68)25-33-14-20-37(66)21-15-33)28-76-75-27-42(60-48(70)38(55)24-32-10-16-35(53)17-11-32)44(67)26-34(47(69)57-39)23-31-12-18-36(65)19-13-31/h10-21,30,34,38-43,45,64-66H,3-9,22-28,54-55H2,1-2H3,(H2,56,68)(H,57,69)(H,58,71)(H,59,73)(H,60,70)(H,61,74)(H,62,72)/t30-,34-,38+,39-,40+,41-,42-,43+,45+/m1/s1. The molecule has 9 atom stereocenters. The lowest BCUT2D eigenvalue weighted by Crippen LogP contribution is -2.61. The fourth-order valence-electron chi connectivity index (χ4n) is 8.03. The summed E-state index contributed by atoms with van der Waals surface area (Å²) in [5.41, 5.74) is 19.6. The predicted molar refractivity (Wildman–Crippen MR) is 289 cm³/mol. The highest BCUT2D eigenvalue weighted by Gasteiger charge is 2.36. The van der Waals surface area contributed by atoms with Crippen molar-refractivity contribution in [2.24, 2.45) is 23.1 Å². The lowest BCUT2D eigenvalue weighted by atomic mass is 9.90. The molecule has 0 saturated carbocycles. The van der Waals surface area contributed by atoms with E-state index in [9.17, 15) is 58.5 Å². The number of benzene rings is 3. The van der Waals surface area contributed by atoms with Crippen LogP contribution in [-0.4, -0.2) is 135 Å². The molecule has 0 aromatic heterocycles. The molecule has 1 aliphatic heterocycles. The molecule has 0 aliphatic carbocycles. The zero-order valence-corrected chi connectivity index (χ0v) is 44.9.